The second kappa shape index (κ2) is 4.82. The van der Waals surface area contributed by atoms with Crippen molar-refractivity contribution in [2.24, 2.45) is 0 Å². The molecule has 96 valence electrons. The molecule has 18 heavy (non-hydrogen) atoms. The summed E-state index contributed by atoms with van der Waals surface area (Å²) in [6.07, 6.45) is 1.44. The lowest BCUT2D eigenvalue weighted by Crippen LogP contribution is -2.14. The number of nitrogen functional groups attached to an aromatic ring is 1. The van der Waals surface area contributed by atoms with E-state index in [1.54, 1.807) is 0 Å². The van der Waals surface area contributed by atoms with Crippen molar-refractivity contribution in [2.45, 2.75) is 4.90 Å². The van der Waals surface area contributed by atoms with Gasteiger partial charge in [0.25, 0.3) is 10.0 Å². The standard InChI is InChI=1S/C9H7BrFN3O2S2/c10-8-4-13-9(17-8)14-18(15,16)7-3-5(12)1-2-6(7)11/h1-4H,12H2,(H,13,14). The highest BCUT2D eigenvalue weighted by Gasteiger charge is 2.20. The van der Waals surface area contributed by atoms with Crippen LogP contribution in [-0.2, 0) is 10.0 Å². The van der Waals surface area contributed by atoms with E-state index in [0.29, 0.717) is 3.79 Å². The number of halogens is 2. The zero-order valence-corrected chi connectivity index (χ0v) is 11.9. The van der Waals surface area contributed by atoms with Crippen molar-refractivity contribution in [2.75, 3.05) is 10.5 Å². The summed E-state index contributed by atoms with van der Waals surface area (Å²) in [5.74, 6) is -0.868. The minimum absolute atomic E-state index is 0.142. The van der Waals surface area contributed by atoms with Gasteiger partial charge in [-0.2, -0.15) is 0 Å². The molecule has 0 saturated carbocycles. The number of hydrogen-bond acceptors (Lipinski definition) is 5. The fourth-order valence-corrected chi connectivity index (χ4v) is 3.66. The van der Waals surface area contributed by atoms with Crippen LogP contribution in [0.4, 0.5) is 15.2 Å². The van der Waals surface area contributed by atoms with Gasteiger partial charge in [-0.05, 0) is 34.1 Å². The average molecular weight is 352 g/mol. The Hall–Kier alpha value is -1.19. The van der Waals surface area contributed by atoms with E-state index in [-0.39, 0.29) is 10.8 Å². The molecule has 0 aliphatic carbocycles. The van der Waals surface area contributed by atoms with Crippen LogP contribution in [0.5, 0.6) is 0 Å². The fourth-order valence-electron chi connectivity index (χ4n) is 1.20. The normalized spacial score (nSPS) is 11.4. The van der Waals surface area contributed by atoms with Crippen molar-refractivity contribution >= 4 is 48.1 Å². The van der Waals surface area contributed by atoms with Crippen molar-refractivity contribution in [1.29, 1.82) is 0 Å². The molecule has 0 amide bonds. The molecular formula is C9H7BrFN3O2S2. The molecule has 0 saturated heterocycles. The first-order valence-electron chi connectivity index (χ1n) is 4.57. The molecular weight excluding hydrogens is 345 g/mol. The Balaban J connectivity index is 2.39. The van der Waals surface area contributed by atoms with Crippen molar-refractivity contribution in [3.63, 3.8) is 0 Å². The second-order valence-corrected chi connectivity index (χ2v) is 7.33. The van der Waals surface area contributed by atoms with Crippen molar-refractivity contribution < 1.29 is 12.8 Å². The largest absolute Gasteiger partial charge is 0.399 e. The highest BCUT2D eigenvalue weighted by molar-refractivity contribution is 9.11. The van der Waals surface area contributed by atoms with Gasteiger partial charge in [0.2, 0.25) is 0 Å². The van der Waals surface area contributed by atoms with Crippen LogP contribution >= 0.6 is 27.3 Å². The molecule has 9 heteroatoms. The quantitative estimate of drug-likeness (QED) is 0.831. The van der Waals surface area contributed by atoms with Gasteiger partial charge in [0.05, 0.1) is 9.98 Å². The van der Waals surface area contributed by atoms with E-state index in [9.17, 15) is 12.8 Å². The van der Waals surface area contributed by atoms with E-state index in [1.807, 2.05) is 0 Å². The third kappa shape index (κ3) is 2.79. The molecule has 0 radical (unpaired) electrons. The van der Waals surface area contributed by atoms with E-state index in [4.69, 9.17) is 5.73 Å². The molecule has 0 aliphatic rings. The van der Waals surface area contributed by atoms with Crippen LogP contribution in [-0.4, -0.2) is 13.4 Å². The van der Waals surface area contributed by atoms with E-state index >= 15 is 0 Å². The molecule has 0 atom stereocenters. The molecule has 0 bridgehead atoms. The monoisotopic (exact) mass is 351 g/mol. The van der Waals surface area contributed by atoms with Crippen LogP contribution in [0.1, 0.15) is 0 Å². The summed E-state index contributed by atoms with van der Waals surface area (Å²) < 4.78 is 40.2. The van der Waals surface area contributed by atoms with Crippen LogP contribution in [0.15, 0.2) is 33.1 Å². The smallest absolute Gasteiger partial charge is 0.266 e. The number of thiazole rings is 1. The lowest BCUT2D eigenvalue weighted by atomic mass is 10.3. The zero-order chi connectivity index (χ0) is 13.3. The van der Waals surface area contributed by atoms with Gasteiger partial charge in [-0.15, -0.1) is 0 Å². The van der Waals surface area contributed by atoms with Crippen molar-refractivity contribution in [3.8, 4) is 0 Å². The second-order valence-electron chi connectivity index (χ2n) is 3.26. The third-order valence-corrected chi connectivity index (χ3v) is 4.82. The van der Waals surface area contributed by atoms with Gasteiger partial charge in [0.1, 0.15) is 10.7 Å². The number of hydrogen-bond donors (Lipinski definition) is 2. The third-order valence-electron chi connectivity index (χ3n) is 1.94. The Labute approximate surface area is 115 Å². The van der Waals surface area contributed by atoms with Gasteiger partial charge >= 0.3 is 0 Å². The number of nitrogens with two attached hydrogens (primary N) is 1. The molecule has 1 heterocycles. The number of aromatic nitrogens is 1. The van der Waals surface area contributed by atoms with Gasteiger partial charge in [-0.3, -0.25) is 4.72 Å². The van der Waals surface area contributed by atoms with Crippen LogP contribution in [0.2, 0.25) is 0 Å². The summed E-state index contributed by atoms with van der Waals surface area (Å²) in [7, 11) is -4.03. The van der Waals surface area contributed by atoms with Crippen molar-refractivity contribution in [3.05, 3.63) is 34.0 Å². The number of benzene rings is 1. The predicted molar refractivity (Wildman–Crippen MR) is 71.4 cm³/mol. The molecule has 5 nitrogen and oxygen atoms in total. The zero-order valence-electron chi connectivity index (χ0n) is 8.72. The Morgan fingerprint density at radius 2 is 2.17 bits per heavy atom. The maximum Gasteiger partial charge on any atom is 0.266 e. The maximum atomic E-state index is 13.5. The first kappa shape index (κ1) is 13.2. The summed E-state index contributed by atoms with van der Waals surface area (Å²) in [6, 6.07) is 3.34. The van der Waals surface area contributed by atoms with Gasteiger partial charge in [0.15, 0.2) is 5.13 Å². The molecule has 3 N–H and O–H groups in total. The van der Waals surface area contributed by atoms with Gasteiger partial charge < -0.3 is 5.73 Å². The van der Waals surface area contributed by atoms with E-state index in [1.165, 1.54) is 12.3 Å². The van der Waals surface area contributed by atoms with E-state index in [0.717, 1.165) is 23.5 Å². The van der Waals surface area contributed by atoms with Gasteiger partial charge in [-0.1, -0.05) is 11.3 Å². The fraction of sp³-hybridized carbons (Fsp3) is 0. The highest BCUT2D eigenvalue weighted by Crippen LogP contribution is 2.26. The SMILES string of the molecule is Nc1ccc(F)c(S(=O)(=O)Nc2ncc(Br)s2)c1. The summed E-state index contributed by atoms with van der Waals surface area (Å²) >= 11 is 4.23. The molecule has 0 spiro atoms. The average Bonchev–Trinajstić information content (AvgIpc) is 2.66. The van der Waals surface area contributed by atoms with Gasteiger partial charge in [0, 0.05) is 5.69 Å². The maximum absolute atomic E-state index is 13.5. The summed E-state index contributed by atoms with van der Waals surface area (Å²) in [6.45, 7) is 0. The topological polar surface area (TPSA) is 85.1 Å². The minimum Gasteiger partial charge on any atom is -0.399 e. The van der Waals surface area contributed by atoms with Crippen LogP contribution < -0.4 is 10.5 Å². The number of rotatable bonds is 3. The summed E-state index contributed by atoms with van der Waals surface area (Å²) in [5.41, 5.74) is 5.61. The Kier molecular flexibility index (Phi) is 3.55. The summed E-state index contributed by atoms with van der Waals surface area (Å²) in [4.78, 5) is 3.30. The van der Waals surface area contributed by atoms with Gasteiger partial charge in [-0.25, -0.2) is 17.8 Å². The predicted octanol–water partition coefficient (Wildman–Crippen LogP) is 2.43. The molecule has 0 fully saturated rings. The lowest BCUT2D eigenvalue weighted by Gasteiger charge is -2.06. The van der Waals surface area contributed by atoms with Crippen LogP contribution in [0, 0.1) is 5.82 Å². The first-order valence-corrected chi connectivity index (χ1v) is 7.67. The number of nitrogens with zero attached hydrogens (tertiary/aromatic N) is 1. The number of sulfonamides is 1. The molecule has 1 aromatic carbocycles. The molecule has 2 rings (SSSR count). The Morgan fingerprint density at radius 3 is 2.78 bits per heavy atom. The van der Waals surface area contributed by atoms with Crippen LogP contribution in [0.3, 0.4) is 0 Å². The first-order chi connectivity index (χ1) is 8.38. The van der Waals surface area contributed by atoms with Crippen molar-refractivity contribution in [1.82, 2.24) is 4.98 Å². The van der Waals surface area contributed by atoms with E-state index < -0.39 is 20.7 Å². The number of anilines is 2. The Bertz CT molecular complexity index is 687. The molecule has 1 aromatic heterocycles. The summed E-state index contributed by atoms with van der Waals surface area (Å²) in [5, 5.41) is 0.142. The highest BCUT2D eigenvalue weighted by atomic mass is 79.9. The number of nitrogens with one attached hydrogen (secondary N) is 1. The Morgan fingerprint density at radius 1 is 1.44 bits per heavy atom. The molecule has 0 aliphatic heterocycles. The minimum atomic E-state index is -4.03. The molecule has 0 unspecified atom stereocenters. The van der Waals surface area contributed by atoms with E-state index in [2.05, 4.69) is 25.6 Å². The lowest BCUT2D eigenvalue weighted by molar-refractivity contribution is 0.570. The molecule has 2 aromatic rings. The van der Waals surface area contributed by atoms with Crippen LogP contribution in [0.25, 0.3) is 0 Å².